The maximum atomic E-state index is 13.9. The molecule has 1 aromatic heterocycles. The van der Waals surface area contributed by atoms with Crippen molar-refractivity contribution in [1.29, 1.82) is 0 Å². The molecule has 1 heterocycles. The number of rotatable bonds is 5. The van der Waals surface area contributed by atoms with Crippen LogP contribution in [0.2, 0.25) is 0 Å². The van der Waals surface area contributed by atoms with Crippen LogP contribution in [0.15, 0.2) is 16.6 Å². The second kappa shape index (κ2) is 6.62. The van der Waals surface area contributed by atoms with Gasteiger partial charge in [0.1, 0.15) is 17.2 Å². The molecule has 7 heteroatoms. The smallest absolute Gasteiger partial charge is 0.151 e. The molecule has 1 unspecified atom stereocenters. The Kier molecular flexibility index (Phi) is 5.05. The molecule has 0 radical (unpaired) electrons. The van der Waals surface area contributed by atoms with Crippen LogP contribution in [0.3, 0.4) is 0 Å². The predicted molar refractivity (Wildman–Crippen MR) is 80.4 cm³/mol. The van der Waals surface area contributed by atoms with E-state index in [1.54, 1.807) is 0 Å². The van der Waals surface area contributed by atoms with E-state index in [1.807, 2.05) is 13.8 Å². The average molecular weight is 359 g/mol. The fourth-order valence-corrected chi connectivity index (χ4v) is 2.43. The molecular formula is C14H17BrF2N4. The van der Waals surface area contributed by atoms with E-state index in [0.717, 1.165) is 30.4 Å². The molecule has 0 saturated heterocycles. The van der Waals surface area contributed by atoms with Gasteiger partial charge in [-0.25, -0.2) is 13.5 Å². The van der Waals surface area contributed by atoms with Crippen LogP contribution in [0.25, 0.3) is 5.69 Å². The molecule has 0 aliphatic rings. The van der Waals surface area contributed by atoms with Crippen molar-refractivity contribution in [2.24, 2.45) is 0 Å². The van der Waals surface area contributed by atoms with Crippen molar-refractivity contribution in [2.45, 2.75) is 33.2 Å². The summed E-state index contributed by atoms with van der Waals surface area (Å²) >= 11 is 3.06. The molecule has 0 amide bonds. The first kappa shape index (κ1) is 16.0. The van der Waals surface area contributed by atoms with Crippen molar-refractivity contribution in [1.82, 2.24) is 20.3 Å². The van der Waals surface area contributed by atoms with Crippen LogP contribution in [0, 0.1) is 18.6 Å². The molecule has 1 atom stereocenters. The topological polar surface area (TPSA) is 42.7 Å². The molecule has 114 valence electrons. The molecule has 0 aliphatic carbocycles. The summed E-state index contributed by atoms with van der Waals surface area (Å²) < 4.78 is 28.8. The van der Waals surface area contributed by atoms with Gasteiger partial charge >= 0.3 is 0 Å². The lowest BCUT2D eigenvalue weighted by Crippen LogP contribution is -2.20. The van der Waals surface area contributed by atoms with Gasteiger partial charge in [0.2, 0.25) is 0 Å². The summed E-state index contributed by atoms with van der Waals surface area (Å²) in [4.78, 5) is 0. The average Bonchev–Trinajstić information content (AvgIpc) is 2.82. The van der Waals surface area contributed by atoms with E-state index in [2.05, 4.69) is 38.5 Å². The SMILES string of the molecule is CCCNC(C)c1nnn(-c2cc(Br)c(F)cc2F)c1C. The van der Waals surface area contributed by atoms with Crippen molar-refractivity contribution in [3.63, 3.8) is 0 Å². The third kappa shape index (κ3) is 3.29. The normalized spacial score (nSPS) is 12.7. The summed E-state index contributed by atoms with van der Waals surface area (Å²) in [7, 11) is 0. The fourth-order valence-electron chi connectivity index (χ4n) is 2.10. The van der Waals surface area contributed by atoms with Gasteiger partial charge in [0.25, 0.3) is 0 Å². The summed E-state index contributed by atoms with van der Waals surface area (Å²) in [6.07, 6.45) is 1.01. The minimum Gasteiger partial charge on any atom is -0.309 e. The van der Waals surface area contributed by atoms with Crippen LogP contribution in [-0.2, 0) is 0 Å². The highest BCUT2D eigenvalue weighted by molar-refractivity contribution is 9.10. The molecule has 0 aliphatic heterocycles. The third-order valence-electron chi connectivity index (χ3n) is 3.26. The largest absolute Gasteiger partial charge is 0.309 e. The number of nitrogens with zero attached hydrogens (tertiary/aromatic N) is 3. The van der Waals surface area contributed by atoms with Crippen molar-refractivity contribution >= 4 is 15.9 Å². The number of benzene rings is 1. The van der Waals surface area contributed by atoms with Crippen LogP contribution < -0.4 is 5.32 Å². The van der Waals surface area contributed by atoms with E-state index in [0.29, 0.717) is 0 Å². The molecule has 0 fully saturated rings. The minimum atomic E-state index is -0.676. The van der Waals surface area contributed by atoms with Crippen molar-refractivity contribution in [3.05, 3.63) is 39.6 Å². The first-order valence-electron chi connectivity index (χ1n) is 6.76. The molecule has 2 aromatic rings. The Balaban J connectivity index is 2.38. The lowest BCUT2D eigenvalue weighted by atomic mass is 10.2. The minimum absolute atomic E-state index is 0.0191. The standard InChI is InChI=1S/C14H17BrF2N4/c1-4-5-18-8(2)14-9(3)21(20-19-14)13-6-10(15)11(16)7-12(13)17/h6-8,18H,4-5H2,1-3H3. The lowest BCUT2D eigenvalue weighted by molar-refractivity contribution is 0.555. The Morgan fingerprint density at radius 3 is 2.71 bits per heavy atom. The van der Waals surface area contributed by atoms with Gasteiger partial charge in [-0.3, -0.25) is 0 Å². The highest BCUT2D eigenvalue weighted by Crippen LogP contribution is 2.25. The van der Waals surface area contributed by atoms with Crippen LogP contribution >= 0.6 is 15.9 Å². The number of nitrogens with one attached hydrogen (secondary N) is 1. The van der Waals surface area contributed by atoms with Gasteiger partial charge in [-0.1, -0.05) is 12.1 Å². The summed E-state index contributed by atoms with van der Waals surface area (Å²) in [5, 5.41) is 11.4. The summed E-state index contributed by atoms with van der Waals surface area (Å²) in [6.45, 7) is 6.74. The number of aromatic nitrogens is 3. The lowest BCUT2D eigenvalue weighted by Gasteiger charge is -2.12. The molecule has 0 bridgehead atoms. The van der Waals surface area contributed by atoms with Gasteiger partial charge in [0, 0.05) is 6.07 Å². The number of hydrogen-bond acceptors (Lipinski definition) is 3. The molecule has 21 heavy (non-hydrogen) atoms. The van der Waals surface area contributed by atoms with E-state index < -0.39 is 11.6 Å². The van der Waals surface area contributed by atoms with Gasteiger partial charge in [0.05, 0.1) is 16.2 Å². The summed E-state index contributed by atoms with van der Waals surface area (Å²) in [5.74, 6) is -1.32. The summed E-state index contributed by atoms with van der Waals surface area (Å²) in [5.41, 5.74) is 1.65. The first-order valence-corrected chi connectivity index (χ1v) is 7.55. The van der Waals surface area contributed by atoms with E-state index in [9.17, 15) is 8.78 Å². The predicted octanol–water partition coefficient (Wildman–Crippen LogP) is 3.68. The quantitative estimate of drug-likeness (QED) is 0.829. The maximum Gasteiger partial charge on any atom is 0.151 e. The second-order valence-corrected chi connectivity index (χ2v) is 5.72. The molecule has 1 N–H and O–H groups in total. The van der Waals surface area contributed by atoms with Crippen molar-refractivity contribution in [3.8, 4) is 5.69 Å². The van der Waals surface area contributed by atoms with E-state index in [1.165, 1.54) is 10.7 Å². The molecule has 4 nitrogen and oxygen atoms in total. The maximum absolute atomic E-state index is 13.9. The van der Waals surface area contributed by atoms with E-state index >= 15 is 0 Å². The van der Waals surface area contributed by atoms with Gasteiger partial charge in [-0.15, -0.1) is 5.10 Å². The zero-order chi connectivity index (χ0) is 15.6. The molecule has 2 rings (SSSR count). The molecule has 0 spiro atoms. The zero-order valence-corrected chi connectivity index (χ0v) is 13.7. The van der Waals surface area contributed by atoms with Gasteiger partial charge < -0.3 is 5.32 Å². The third-order valence-corrected chi connectivity index (χ3v) is 3.87. The highest BCUT2D eigenvalue weighted by Gasteiger charge is 2.18. The van der Waals surface area contributed by atoms with E-state index in [4.69, 9.17) is 0 Å². The monoisotopic (exact) mass is 358 g/mol. The molecule has 1 aromatic carbocycles. The van der Waals surface area contributed by atoms with Crippen molar-refractivity contribution < 1.29 is 8.78 Å². The first-order chi connectivity index (χ1) is 9.95. The Morgan fingerprint density at radius 2 is 2.05 bits per heavy atom. The Labute approximate surface area is 130 Å². The Bertz CT molecular complexity index is 642. The number of halogens is 3. The number of hydrogen-bond donors (Lipinski definition) is 1. The van der Waals surface area contributed by atoms with Crippen LogP contribution in [0.4, 0.5) is 8.78 Å². The fraction of sp³-hybridized carbons (Fsp3) is 0.429. The van der Waals surface area contributed by atoms with Crippen molar-refractivity contribution in [2.75, 3.05) is 6.54 Å². The van der Waals surface area contributed by atoms with Crippen LogP contribution in [0.1, 0.15) is 37.7 Å². The van der Waals surface area contributed by atoms with Crippen LogP contribution in [0.5, 0.6) is 0 Å². The zero-order valence-electron chi connectivity index (χ0n) is 12.1. The van der Waals surface area contributed by atoms with Gasteiger partial charge in [-0.05, 0) is 48.8 Å². The van der Waals surface area contributed by atoms with E-state index in [-0.39, 0.29) is 16.2 Å². The highest BCUT2D eigenvalue weighted by atomic mass is 79.9. The van der Waals surface area contributed by atoms with Gasteiger partial charge in [-0.2, -0.15) is 0 Å². The Morgan fingerprint density at radius 1 is 1.33 bits per heavy atom. The van der Waals surface area contributed by atoms with Gasteiger partial charge in [0.15, 0.2) is 5.82 Å². The van der Waals surface area contributed by atoms with Crippen LogP contribution in [-0.4, -0.2) is 21.5 Å². The Hall–Kier alpha value is -1.34. The second-order valence-electron chi connectivity index (χ2n) is 4.87. The molecule has 0 saturated carbocycles. The summed E-state index contributed by atoms with van der Waals surface area (Å²) in [6, 6.07) is 2.21. The molecular weight excluding hydrogens is 342 g/mol.